The average molecular weight is 199 g/mol. The van der Waals surface area contributed by atoms with Gasteiger partial charge in [-0.3, -0.25) is 0 Å². The molecule has 0 aliphatic rings. The Hall–Kier alpha value is 0.778. The van der Waals surface area contributed by atoms with E-state index in [-0.39, 0.29) is 24.4 Å². The summed E-state index contributed by atoms with van der Waals surface area (Å²) in [5.41, 5.74) is 0. The predicted molar refractivity (Wildman–Crippen MR) is 31.9 cm³/mol. The molecule has 0 spiro atoms. The van der Waals surface area contributed by atoms with Crippen molar-refractivity contribution in [2.45, 2.75) is 13.8 Å². The quantitative estimate of drug-likeness (QED) is 0.561. The second-order valence-electron chi connectivity index (χ2n) is 1.58. The third-order valence-electron chi connectivity index (χ3n) is 0.365. The Bertz CT molecular complexity index is 21.5. The number of hydrogen-bond acceptors (Lipinski definition) is 1. The zero-order valence-corrected chi connectivity index (χ0v) is 8.48. The minimum atomic E-state index is 0. The van der Waals surface area contributed by atoms with E-state index in [4.69, 9.17) is 5.11 Å². The topological polar surface area (TPSA) is 20.2 Å². The zero-order valence-electron chi connectivity index (χ0n) is 4.44. The Morgan fingerprint density at radius 2 is 1.67 bits per heavy atom. The Morgan fingerprint density at radius 1 is 1.50 bits per heavy atom. The Labute approximate surface area is 56.2 Å². The van der Waals surface area contributed by atoms with Crippen molar-refractivity contribution >= 4 is 24.4 Å². The summed E-state index contributed by atoms with van der Waals surface area (Å²) >= 11 is 0. The molecule has 0 aliphatic carbocycles. The molecule has 1 N–H and O–H groups in total. The first kappa shape index (κ1) is 9.91. The molecule has 0 aromatic heterocycles. The van der Waals surface area contributed by atoms with Gasteiger partial charge in [0, 0.05) is 6.61 Å². The van der Waals surface area contributed by atoms with Crippen LogP contribution < -0.4 is 0 Å². The first-order chi connectivity index (χ1) is 2.27. The summed E-state index contributed by atoms with van der Waals surface area (Å²) in [5.74, 6) is 0.440. The van der Waals surface area contributed by atoms with Crippen LogP contribution in [0.2, 0.25) is 0 Å². The fourth-order valence-electron chi connectivity index (χ4n) is 0. The molecule has 6 heavy (non-hydrogen) atoms. The van der Waals surface area contributed by atoms with E-state index in [9.17, 15) is 0 Å². The first-order valence-electron chi connectivity index (χ1n) is 1.88. The second kappa shape index (κ2) is 5.78. The van der Waals surface area contributed by atoms with Gasteiger partial charge in [-0.2, -0.15) is 0 Å². The van der Waals surface area contributed by atoms with Crippen molar-refractivity contribution in [3.05, 3.63) is 0 Å². The van der Waals surface area contributed by atoms with E-state index in [2.05, 4.69) is 0 Å². The molecule has 0 rings (SSSR count). The van der Waals surface area contributed by atoms with Crippen LogP contribution in [0.25, 0.3) is 0 Å². The van der Waals surface area contributed by atoms with Crippen molar-refractivity contribution in [3.63, 3.8) is 0 Å². The molecule has 0 fully saturated rings. The van der Waals surface area contributed by atoms with Crippen LogP contribution in [0.4, 0.5) is 0 Å². The number of hydrogen-bond donors (Lipinski definition) is 1. The molecule has 0 aliphatic heterocycles. The fraction of sp³-hybridized carbons (Fsp3) is 1.00. The van der Waals surface area contributed by atoms with Gasteiger partial charge in [0.1, 0.15) is 0 Å². The van der Waals surface area contributed by atoms with Crippen molar-refractivity contribution in [2.24, 2.45) is 5.92 Å². The maximum absolute atomic E-state index is 8.14. The van der Waals surface area contributed by atoms with Gasteiger partial charge in [0.15, 0.2) is 0 Å². The van der Waals surface area contributed by atoms with Crippen molar-refractivity contribution in [2.75, 3.05) is 6.61 Å². The molecular formula is C4H13OSb. The monoisotopic (exact) mass is 198 g/mol. The second-order valence-corrected chi connectivity index (χ2v) is 1.58. The molecule has 0 aromatic carbocycles. The molecule has 0 atom stereocenters. The SMILES string of the molecule is CC(C)CO.[SbH3]. The van der Waals surface area contributed by atoms with Crippen molar-refractivity contribution in [1.82, 2.24) is 0 Å². The normalized spacial score (nSPS) is 8.00. The van der Waals surface area contributed by atoms with Gasteiger partial charge in [-0.25, -0.2) is 0 Å². The van der Waals surface area contributed by atoms with Gasteiger partial charge in [0.2, 0.25) is 0 Å². The van der Waals surface area contributed by atoms with Crippen LogP contribution >= 0.6 is 0 Å². The summed E-state index contributed by atoms with van der Waals surface area (Å²) in [6, 6.07) is 0. The summed E-state index contributed by atoms with van der Waals surface area (Å²) in [6.07, 6.45) is 0. The standard InChI is InChI=1S/C4H10O.Sb.3H/c1-4(2)3-5;;;;/h4-5H,3H2,1-2H3;;;;. The predicted octanol–water partition coefficient (Wildman–Crippen LogP) is -0.549. The van der Waals surface area contributed by atoms with E-state index in [1.165, 1.54) is 0 Å². The third-order valence-corrected chi connectivity index (χ3v) is 0.365. The molecule has 0 saturated carbocycles. The molecule has 0 heterocycles. The van der Waals surface area contributed by atoms with Crippen molar-refractivity contribution in [1.29, 1.82) is 0 Å². The van der Waals surface area contributed by atoms with Gasteiger partial charge in [-0.05, 0) is 5.92 Å². The maximum atomic E-state index is 8.14. The van der Waals surface area contributed by atoms with Crippen LogP contribution in [-0.2, 0) is 0 Å². The van der Waals surface area contributed by atoms with Crippen LogP contribution in [0.1, 0.15) is 13.8 Å². The summed E-state index contributed by atoms with van der Waals surface area (Å²) in [6.45, 7) is 4.25. The summed E-state index contributed by atoms with van der Waals surface area (Å²) in [7, 11) is 0. The summed E-state index contributed by atoms with van der Waals surface area (Å²) < 4.78 is 0. The molecule has 40 valence electrons. The summed E-state index contributed by atoms with van der Waals surface area (Å²) in [5, 5.41) is 8.14. The fourth-order valence-corrected chi connectivity index (χ4v) is 0. The average Bonchev–Trinajstić information content (AvgIpc) is 1.38. The van der Waals surface area contributed by atoms with Gasteiger partial charge < -0.3 is 5.11 Å². The molecule has 0 aromatic rings. The van der Waals surface area contributed by atoms with E-state index in [1.54, 1.807) is 0 Å². The molecule has 2 heteroatoms. The minimum absolute atomic E-state index is 0. The van der Waals surface area contributed by atoms with Gasteiger partial charge in [0.05, 0.1) is 0 Å². The molecular weight excluding hydrogens is 186 g/mol. The van der Waals surface area contributed by atoms with Gasteiger partial charge in [-0.1, -0.05) is 13.8 Å². The first-order valence-corrected chi connectivity index (χ1v) is 1.88. The van der Waals surface area contributed by atoms with Gasteiger partial charge >= 0.3 is 24.4 Å². The number of rotatable bonds is 1. The van der Waals surface area contributed by atoms with E-state index in [0.29, 0.717) is 12.5 Å². The Balaban J connectivity index is 0. The van der Waals surface area contributed by atoms with Crippen LogP contribution in [0.3, 0.4) is 0 Å². The van der Waals surface area contributed by atoms with Crippen LogP contribution in [-0.4, -0.2) is 36.1 Å². The van der Waals surface area contributed by atoms with E-state index in [0.717, 1.165) is 0 Å². The van der Waals surface area contributed by atoms with Gasteiger partial charge in [0.25, 0.3) is 0 Å². The van der Waals surface area contributed by atoms with Crippen molar-refractivity contribution in [3.8, 4) is 0 Å². The van der Waals surface area contributed by atoms with Crippen LogP contribution in [0.5, 0.6) is 0 Å². The zero-order chi connectivity index (χ0) is 4.28. The molecule has 0 radical (unpaired) electrons. The Kier molecular flexibility index (Phi) is 9.55. The van der Waals surface area contributed by atoms with Crippen LogP contribution in [0.15, 0.2) is 0 Å². The van der Waals surface area contributed by atoms with Crippen LogP contribution in [0, 0.1) is 5.92 Å². The van der Waals surface area contributed by atoms with E-state index < -0.39 is 0 Å². The van der Waals surface area contributed by atoms with E-state index in [1.807, 2.05) is 13.8 Å². The number of aliphatic hydroxyl groups is 1. The molecule has 0 bridgehead atoms. The van der Waals surface area contributed by atoms with Gasteiger partial charge in [-0.15, -0.1) is 0 Å². The Morgan fingerprint density at radius 3 is 1.67 bits per heavy atom. The molecule has 0 amide bonds. The molecule has 1 nitrogen and oxygen atoms in total. The molecule has 0 saturated heterocycles. The molecule has 0 unspecified atom stereocenters. The summed E-state index contributed by atoms with van der Waals surface area (Å²) in [4.78, 5) is 0. The third kappa shape index (κ3) is 8.84. The number of aliphatic hydroxyl groups excluding tert-OH is 1. The van der Waals surface area contributed by atoms with E-state index >= 15 is 0 Å². The van der Waals surface area contributed by atoms with Crippen molar-refractivity contribution < 1.29 is 5.11 Å².